The zero-order valence-electron chi connectivity index (χ0n) is 12.6. The van der Waals surface area contributed by atoms with Gasteiger partial charge in [0.15, 0.2) is 0 Å². The van der Waals surface area contributed by atoms with Gasteiger partial charge >= 0.3 is 6.18 Å². The Kier molecular flexibility index (Phi) is 4.94. The number of aromatic nitrogens is 3. The fourth-order valence-electron chi connectivity index (χ4n) is 1.85. The standard InChI is InChI=1S/C14H13F3N4OS/c1-4-11-20-21-12(22-11)8(3)23-13-9(6-18)10(14(15,16)17)5-7(2)19-13/h5,8H,4H2,1-3H3/t8-/m0/s1. The van der Waals surface area contributed by atoms with Crippen molar-refractivity contribution < 1.29 is 17.6 Å². The van der Waals surface area contributed by atoms with Gasteiger partial charge in [-0.1, -0.05) is 18.7 Å². The number of hydrogen-bond acceptors (Lipinski definition) is 6. The van der Waals surface area contributed by atoms with E-state index in [1.165, 1.54) is 6.92 Å². The molecule has 0 spiro atoms. The maximum atomic E-state index is 13.1. The second-order valence-corrected chi connectivity index (χ2v) is 6.08. The first kappa shape index (κ1) is 17.3. The zero-order chi connectivity index (χ0) is 17.2. The van der Waals surface area contributed by atoms with E-state index in [9.17, 15) is 13.2 Å². The van der Waals surface area contributed by atoms with Gasteiger partial charge < -0.3 is 4.42 Å². The number of nitrogens with zero attached hydrogens (tertiary/aromatic N) is 4. The molecule has 2 heterocycles. The number of halogens is 3. The highest BCUT2D eigenvalue weighted by Crippen LogP contribution is 2.40. The highest BCUT2D eigenvalue weighted by Gasteiger charge is 2.36. The van der Waals surface area contributed by atoms with Crippen molar-refractivity contribution in [3.8, 4) is 6.07 Å². The molecule has 9 heteroatoms. The van der Waals surface area contributed by atoms with Gasteiger partial charge in [-0.05, 0) is 19.9 Å². The Morgan fingerprint density at radius 1 is 1.39 bits per heavy atom. The minimum absolute atomic E-state index is 0.00331. The molecule has 0 unspecified atom stereocenters. The number of aryl methyl sites for hydroxylation is 2. The van der Waals surface area contributed by atoms with Crippen molar-refractivity contribution in [2.75, 3.05) is 0 Å². The summed E-state index contributed by atoms with van der Waals surface area (Å²) in [5, 5.41) is 16.4. The van der Waals surface area contributed by atoms with Crippen molar-refractivity contribution >= 4 is 11.8 Å². The molecule has 0 aliphatic carbocycles. The molecule has 0 aliphatic heterocycles. The van der Waals surface area contributed by atoms with E-state index in [4.69, 9.17) is 9.68 Å². The first-order valence-corrected chi connectivity index (χ1v) is 7.62. The molecule has 2 aromatic heterocycles. The van der Waals surface area contributed by atoms with E-state index in [1.807, 2.05) is 6.92 Å². The van der Waals surface area contributed by atoms with Crippen molar-refractivity contribution in [2.45, 2.75) is 43.6 Å². The van der Waals surface area contributed by atoms with Crippen molar-refractivity contribution in [1.29, 1.82) is 5.26 Å². The molecule has 0 fully saturated rings. The Morgan fingerprint density at radius 3 is 2.61 bits per heavy atom. The van der Waals surface area contributed by atoms with Gasteiger partial charge in [-0.2, -0.15) is 18.4 Å². The van der Waals surface area contributed by atoms with E-state index in [1.54, 1.807) is 13.0 Å². The lowest BCUT2D eigenvalue weighted by atomic mass is 10.1. The normalized spacial score (nSPS) is 12.9. The van der Waals surface area contributed by atoms with Gasteiger partial charge in [0, 0.05) is 12.1 Å². The highest BCUT2D eigenvalue weighted by atomic mass is 32.2. The minimum Gasteiger partial charge on any atom is -0.424 e. The third-order valence-electron chi connectivity index (χ3n) is 2.95. The molecule has 0 amide bonds. The fraction of sp³-hybridized carbons (Fsp3) is 0.429. The smallest absolute Gasteiger partial charge is 0.417 e. The molecule has 23 heavy (non-hydrogen) atoms. The van der Waals surface area contributed by atoms with Gasteiger partial charge in [0.25, 0.3) is 0 Å². The van der Waals surface area contributed by atoms with E-state index in [-0.39, 0.29) is 16.6 Å². The first-order valence-electron chi connectivity index (χ1n) is 6.74. The number of alkyl halides is 3. The molecule has 0 bridgehead atoms. The number of rotatable bonds is 4. The van der Waals surface area contributed by atoms with Gasteiger partial charge in [0.2, 0.25) is 11.8 Å². The summed E-state index contributed by atoms with van der Waals surface area (Å²) in [5.74, 6) is 0.730. The maximum absolute atomic E-state index is 13.1. The summed E-state index contributed by atoms with van der Waals surface area (Å²) in [4.78, 5) is 4.06. The molecular formula is C14H13F3N4OS. The van der Waals surface area contributed by atoms with E-state index in [2.05, 4.69) is 15.2 Å². The summed E-state index contributed by atoms with van der Waals surface area (Å²) < 4.78 is 44.6. The Hall–Kier alpha value is -2.08. The zero-order valence-corrected chi connectivity index (χ0v) is 13.4. The molecule has 2 aromatic rings. The minimum atomic E-state index is -4.61. The second-order valence-electron chi connectivity index (χ2n) is 4.75. The van der Waals surface area contributed by atoms with Crippen LogP contribution in [-0.2, 0) is 12.6 Å². The van der Waals surface area contributed by atoms with Crippen LogP contribution in [0.2, 0.25) is 0 Å². The number of thioether (sulfide) groups is 1. The molecule has 0 saturated heterocycles. The van der Waals surface area contributed by atoms with Crippen molar-refractivity contribution in [3.63, 3.8) is 0 Å². The molecule has 0 N–H and O–H groups in total. The van der Waals surface area contributed by atoms with Crippen molar-refractivity contribution in [2.24, 2.45) is 0 Å². The summed E-state index contributed by atoms with van der Waals surface area (Å²) in [6.45, 7) is 5.00. The summed E-state index contributed by atoms with van der Waals surface area (Å²) >= 11 is 0.986. The summed E-state index contributed by atoms with van der Waals surface area (Å²) in [6.07, 6.45) is -4.05. The van der Waals surface area contributed by atoms with Crippen LogP contribution >= 0.6 is 11.8 Å². The van der Waals surface area contributed by atoms with E-state index in [0.29, 0.717) is 12.3 Å². The number of pyridine rings is 1. The number of nitriles is 1. The van der Waals surface area contributed by atoms with Crippen LogP contribution in [0.15, 0.2) is 15.5 Å². The lowest BCUT2D eigenvalue weighted by molar-refractivity contribution is -0.138. The Labute approximate surface area is 134 Å². The largest absolute Gasteiger partial charge is 0.424 e. The first-order chi connectivity index (χ1) is 10.8. The van der Waals surface area contributed by atoms with Gasteiger partial charge in [-0.15, -0.1) is 10.2 Å². The third kappa shape index (κ3) is 3.82. The summed E-state index contributed by atoms with van der Waals surface area (Å²) in [7, 11) is 0. The maximum Gasteiger partial charge on any atom is 0.417 e. The van der Waals surface area contributed by atoms with E-state index < -0.39 is 22.6 Å². The number of hydrogen-bond donors (Lipinski definition) is 0. The lowest BCUT2D eigenvalue weighted by Gasteiger charge is -2.14. The molecule has 5 nitrogen and oxygen atoms in total. The highest BCUT2D eigenvalue weighted by molar-refractivity contribution is 7.99. The average molecular weight is 342 g/mol. The predicted octanol–water partition coefficient (Wildman–Crippen LogP) is 4.08. The summed E-state index contributed by atoms with van der Waals surface area (Å²) in [6, 6.07) is 2.47. The van der Waals surface area contributed by atoms with Crippen LogP contribution in [0.3, 0.4) is 0 Å². The van der Waals surface area contributed by atoms with Crippen LogP contribution in [0.5, 0.6) is 0 Å². The Morgan fingerprint density at radius 2 is 2.09 bits per heavy atom. The van der Waals surface area contributed by atoms with Crippen molar-refractivity contribution in [1.82, 2.24) is 15.2 Å². The molecule has 0 aromatic carbocycles. The second kappa shape index (κ2) is 6.58. The quantitative estimate of drug-likeness (QED) is 0.779. The van der Waals surface area contributed by atoms with Crippen LogP contribution in [0, 0.1) is 18.3 Å². The molecule has 0 radical (unpaired) electrons. The third-order valence-corrected chi connectivity index (χ3v) is 4.03. The van der Waals surface area contributed by atoms with Crippen LogP contribution in [0.25, 0.3) is 0 Å². The average Bonchev–Trinajstić information content (AvgIpc) is 2.94. The SMILES string of the molecule is CCc1nnc([C@H](C)Sc2nc(C)cc(C(F)(F)F)c2C#N)o1. The van der Waals surface area contributed by atoms with E-state index >= 15 is 0 Å². The molecule has 0 saturated carbocycles. The molecular weight excluding hydrogens is 329 g/mol. The van der Waals surface area contributed by atoms with Crippen molar-refractivity contribution in [3.05, 3.63) is 34.7 Å². The molecule has 1 atom stereocenters. The van der Waals surface area contributed by atoms with Crippen LogP contribution in [0.1, 0.15) is 47.7 Å². The van der Waals surface area contributed by atoms with E-state index in [0.717, 1.165) is 17.8 Å². The summed E-state index contributed by atoms with van der Waals surface area (Å²) in [5.41, 5.74) is -1.29. The topological polar surface area (TPSA) is 75.6 Å². The monoisotopic (exact) mass is 342 g/mol. The van der Waals surface area contributed by atoms with Gasteiger partial charge in [-0.3, -0.25) is 0 Å². The Balaban J connectivity index is 2.39. The van der Waals surface area contributed by atoms with Gasteiger partial charge in [0.05, 0.1) is 16.4 Å². The van der Waals surface area contributed by atoms with Crippen LogP contribution in [-0.4, -0.2) is 15.2 Å². The molecule has 122 valence electrons. The Bertz CT molecular complexity index is 751. The van der Waals surface area contributed by atoms with Crippen LogP contribution < -0.4 is 0 Å². The fourth-order valence-corrected chi connectivity index (χ4v) is 2.85. The van der Waals surface area contributed by atoms with Crippen LogP contribution in [0.4, 0.5) is 13.2 Å². The molecule has 2 rings (SSSR count). The van der Waals surface area contributed by atoms with Gasteiger partial charge in [-0.25, -0.2) is 4.98 Å². The molecule has 0 aliphatic rings. The van der Waals surface area contributed by atoms with Gasteiger partial charge in [0.1, 0.15) is 11.1 Å². The predicted molar refractivity (Wildman–Crippen MR) is 76.6 cm³/mol. The lowest BCUT2D eigenvalue weighted by Crippen LogP contribution is -2.11.